The minimum absolute atomic E-state index is 0.341. The molecule has 4 rings (SSSR count). The van der Waals surface area contributed by atoms with Gasteiger partial charge in [0.1, 0.15) is 17.7 Å². The van der Waals surface area contributed by atoms with Crippen LogP contribution in [0.2, 0.25) is 0 Å². The first kappa shape index (κ1) is 22.8. The number of amides is 1. The van der Waals surface area contributed by atoms with Crippen molar-refractivity contribution in [3.63, 3.8) is 0 Å². The number of nitriles is 1. The number of nitrogens with zero attached hydrogens (tertiary/aromatic N) is 4. The third-order valence-corrected chi connectivity index (χ3v) is 5.34. The van der Waals surface area contributed by atoms with Crippen LogP contribution in [0.5, 0.6) is 0 Å². The Kier molecular flexibility index (Phi) is 7.06. The van der Waals surface area contributed by atoms with Crippen molar-refractivity contribution in [2.24, 2.45) is 7.05 Å². The van der Waals surface area contributed by atoms with Gasteiger partial charge in [-0.3, -0.25) is 9.48 Å². The second-order valence-corrected chi connectivity index (χ2v) is 7.82. The molecular formula is C26H23FN6O. The zero-order chi connectivity index (χ0) is 23.9. The van der Waals surface area contributed by atoms with Gasteiger partial charge in [0.05, 0.1) is 17.8 Å². The van der Waals surface area contributed by atoms with Crippen LogP contribution in [0.15, 0.2) is 79.3 Å². The summed E-state index contributed by atoms with van der Waals surface area (Å²) < 4.78 is 15.6. The van der Waals surface area contributed by atoms with Crippen molar-refractivity contribution in [2.75, 3.05) is 11.9 Å². The monoisotopic (exact) mass is 454 g/mol. The number of anilines is 1. The molecule has 7 nitrogen and oxygen atoms in total. The lowest BCUT2D eigenvalue weighted by atomic mass is 10.0. The Balaban J connectivity index is 1.45. The van der Waals surface area contributed by atoms with Gasteiger partial charge >= 0.3 is 0 Å². The van der Waals surface area contributed by atoms with Crippen LogP contribution in [0.4, 0.5) is 10.2 Å². The largest absolute Gasteiger partial charge is 0.309 e. The highest BCUT2D eigenvalue weighted by atomic mass is 19.1. The summed E-state index contributed by atoms with van der Waals surface area (Å²) in [6.45, 7) is 0.480. The maximum absolute atomic E-state index is 13.9. The van der Waals surface area contributed by atoms with E-state index in [2.05, 4.69) is 26.8 Å². The van der Waals surface area contributed by atoms with Crippen LogP contribution < -0.4 is 10.6 Å². The number of hydrogen-bond acceptors (Lipinski definition) is 5. The molecule has 0 spiro atoms. The maximum atomic E-state index is 13.9. The van der Waals surface area contributed by atoms with E-state index in [0.717, 1.165) is 16.7 Å². The normalized spacial score (nSPS) is 11.6. The van der Waals surface area contributed by atoms with Gasteiger partial charge in [0.2, 0.25) is 5.91 Å². The van der Waals surface area contributed by atoms with Gasteiger partial charge in [-0.15, -0.1) is 0 Å². The first-order valence-electron chi connectivity index (χ1n) is 10.8. The molecule has 0 saturated heterocycles. The van der Waals surface area contributed by atoms with Gasteiger partial charge in [-0.2, -0.15) is 10.4 Å². The van der Waals surface area contributed by atoms with Crippen molar-refractivity contribution >= 4 is 11.7 Å². The molecule has 2 N–H and O–H groups in total. The number of nitrogens with one attached hydrogen (secondary N) is 2. The fourth-order valence-electron chi connectivity index (χ4n) is 3.56. The number of carbonyl (C=O) groups is 1. The third-order valence-electron chi connectivity index (χ3n) is 5.34. The highest BCUT2D eigenvalue weighted by Gasteiger charge is 2.21. The quantitative estimate of drug-likeness (QED) is 0.420. The summed E-state index contributed by atoms with van der Waals surface area (Å²) in [6.07, 6.45) is 5.94. The lowest BCUT2D eigenvalue weighted by Crippen LogP contribution is -2.34. The van der Waals surface area contributed by atoms with Crippen LogP contribution in [0.1, 0.15) is 22.7 Å². The number of aromatic nitrogens is 3. The first-order chi connectivity index (χ1) is 16.5. The second kappa shape index (κ2) is 10.5. The molecule has 34 heavy (non-hydrogen) atoms. The molecule has 0 radical (unpaired) electrons. The minimum atomic E-state index is -0.770. The predicted octanol–water partition coefficient (Wildman–Crippen LogP) is 4.00. The number of hydrogen-bond donors (Lipinski definition) is 2. The third kappa shape index (κ3) is 5.71. The number of pyridine rings is 1. The Hall–Kier alpha value is -4.35. The summed E-state index contributed by atoms with van der Waals surface area (Å²) >= 11 is 0. The molecule has 0 aliphatic rings. The van der Waals surface area contributed by atoms with Crippen molar-refractivity contribution in [3.05, 3.63) is 102 Å². The van der Waals surface area contributed by atoms with Gasteiger partial charge < -0.3 is 10.6 Å². The molecule has 8 heteroatoms. The summed E-state index contributed by atoms with van der Waals surface area (Å²) in [4.78, 5) is 17.5. The van der Waals surface area contributed by atoms with E-state index < -0.39 is 11.9 Å². The molecule has 4 aromatic rings. The molecule has 0 saturated carbocycles. The van der Waals surface area contributed by atoms with Gasteiger partial charge in [-0.1, -0.05) is 24.3 Å². The Morgan fingerprint density at radius 1 is 1.12 bits per heavy atom. The molecular weight excluding hydrogens is 431 g/mol. The molecule has 2 aromatic heterocycles. The van der Waals surface area contributed by atoms with Crippen LogP contribution in [0.25, 0.3) is 11.1 Å². The molecule has 1 atom stereocenters. The fraction of sp³-hybridized carbons (Fsp3) is 0.154. The SMILES string of the molecule is Cn1cc(-c2ccc(NC(=O)[C@@H](NCCc3ccc(C#N)cc3)c3cccc(F)c3)nc2)cn1. The van der Waals surface area contributed by atoms with Gasteiger partial charge in [0.15, 0.2) is 0 Å². The van der Waals surface area contributed by atoms with E-state index in [0.29, 0.717) is 29.9 Å². The van der Waals surface area contributed by atoms with Crippen molar-refractivity contribution in [1.29, 1.82) is 5.26 Å². The molecule has 2 heterocycles. The molecule has 1 amide bonds. The average Bonchev–Trinajstić information content (AvgIpc) is 3.29. The van der Waals surface area contributed by atoms with Crippen molar-refractivity contribution in [3.8, 4) is 17.2 Å². The maximum Gasteiger partial charge on any atom is 0.247 e. The predicted molar refractivity (Wildman–Crippen MR) is 127 cm³/mol. The number of halogens is 1. The summed E-state index contributed by atoms with van der Waals surface area (Å²) in [5, 5.41) is 19.1. The average molecular weight is 455 g/mol. The molecule has 0 aliphatic carbocycles. The zero-order valence-electron chi connectivity index (χ0n) is 18.6. The van der Waals surface area contributed by atoms with E-state index in [9.17, 15) is 9.18 Å². The molecule has 0 unspecified atom stereocenters. The highest BCUT2D eigenvalue weighted by molar-refractivity contribution is 5.95. The second-order valence-electron chi connectivity index (χ2n) is 7.82. The summed E-state index contributed by atoms with van der Waals surface area (Å²) in [6, 6.07) is 18.1. The van der Waals surface area contributed by atoms with Gasteiger partial charge in [0, 0.05) is 37.1 Å². The van der Waals surface area contributed by atoms with Gasteiger partial charge in [0.25, 0.3) is 0 Å². The molecule has 0 fully saturated rings. The van der Waals surface area contributed by atoms with Crippen molar-refractivity contribution in [1.82, 2.24) is 20.1 Å². The van der Waals surface area contributed by atoms with Crippen molar-refractivity contribution in [2.45, 2.75) is 12.5 Å². The van der Waals surface area contributed by atoms with Crippen LogP contribution in [0, 0.1) is 17.1 Å². The van der Waals surface area contributed by atoms with E-state index in [4.69, 9.17) is 5.26 Å². The molecule has 0 aliphatic heterocycles. The number of carbonyl (C=O) groups excluding carboxylic acids is 1. The summed E-state index contributed by atoms with van der Waals surface area (Å²) in [5.41, 5.74) is 3.95. The topological polar surface area (TPSA) is 95.6 Å². The van der Waals surface area contributed by atoms with Crippen LogP contribution in [-0.4, -0.2) is 27.2 Å². The Labute approximate surface area is 196 Å². The summed E-state index contributed by atoms with van der Waals surface area (Å²) in [5.74, 6) is -0.358. The first-order valence-corrected chi connectivity index (χ1v) is 10.8. The van der Waals surface area contributed by atoms with E-state index >= 15 is 0 Å². The van der Waals surface area contributed by atoms with Crippen LogP contribution in [0.3, 0.4) is 0 Å². The smallest absolute Gasteiger partial charge is 0.247 e. The number of benzene rings is 2. The zero-order valence-corrected chi connectivity index (χ0v) is 18.6. The Bertz CT molecular complexity index is 1310. The summed E-state index contributed by atoms with van der Waals surface area (Å²) in [7, 11) is 1.84. The van der Waals surface area contributed by atoms with E-state index in [-0.39, 0.29) is 5.91 Å². The highest BCUT2D eigenvalue weighted by Crippen LogP contribution is 2.20. The van der Waals surface area contributed by atoms with Gasteiger partial charge in [-0.25, -0.2) is 9.37 Å². The minimum Gasteiger partial charge on any atom is -0.309 e. The van der Waals surface area contributed by atoms with E-state index in [1.165, 1.54) is 12.1 Å². The standard InChI is InChI=1S/C26H23FN6O/c1-33-17-22(16-31-33)21-9-10-24(30-15-21)32-26(34)25(20-3-2-4-23(27)13-20)29-12-11-18-5-7-19(14-28)8-6-18/h2-10,13,15-17,25,29H,11-12H2,1H3,(H,30,32,34)/t25-/m0/s1. The van der Waals surface area contributed by atoms with Gasteiger partial charge in [-0.05, 0) is 53.9 Å². The number of aryl methyl sites for hydroxylation is 1. The van der Waals surface area contributed by atoms with E-state index in [1.54, 1.807) is 47.4 Å². The lowest BCUT2D eigenvalue weighted by molar-refractivity contribution is -0.118. The van der Waals surface area contributed by atoms with Crippen LogP contribution >= 0.6 is 0 Å². The molecule has 170 valence electrons. The van der Waals surface area contributed by atoms with Crippen molar-refractivity contribution < 1.29 is 9.18 Å². The molecule has 0 bridgehead atoms. The fourth-order valence-corrected chi connectivity index (χ4v) is 3.56. The Morgan fingerprint density at radius 2 is 1.94 bits per heavy atom. The molecule has 2 aromatic carbocycles. The Morgan fingerprint density at radius 3 is 2.59 bits per heavy atom. The van der Waals surface area contributed by atoms with E-state index in [1.807, 2.05) is 31.4 Å². The van der Waals surface area contributed by atoms with Crippen LogP contribution in [-0.2, 0) is 18.3 Å². The number of rotatable bonds is 8. The lowest BCUT2D eigenvalue weighted by Gasteiger charge is -2.19.